The van der Waals surface area contributed by atoms with Crippen LogP contribution in [0.15, 0.2) is 30.3 Å². The van der Waals surface area contributed by atoms with Crippen LogP contribution in [0, 0.1) is 5.82 Å². The monoisotopic (exact) mass is 269 g/mol. The van der Waals surface area contributed by atoms with Gasteiger partial charge in [-0.25, -0.2) is 9.18 Å². The SMILES string of the molecule is CN1CCC(CCCO)OC1=O.Fc1ccccc1. The molecule has 0 aromatic heterocycles. The third-order valence-corrected chi connectivity index (χ3v) is 2.78. The number of amides is 1. The van der Waals surface area contributed by atoms with Gasteiger partial charge in [0.2, 0.25) is 0 Å². The lowest BCUT2D eigenvalue weighted by atomic mass is 10.1. The standard InChI is InChI=1S/C8H15NO3.C6H5F/c1-9-5-4-7(3-2-6-10)12-8(9)11;7-6-4-2-1-3-5-6/h7,10H,2-6H2,1H3;1-5H. The van der Waals surface area contributed by atoms with Gasteiger partial charge >= 0.3 is 6.09 Å². The van der Waals surface area contributed by atoms with Crippen LogP contribution in [0.1, 0.15) is 19.3 Å². The van der Waals surface area contributed by atoms with E-state index in [4.69, 9.17) is 9.84 Å². The summed E-state index contributed by atoms with van der Waals surface area (Å²) in [4.78, 5) is 12.6. The highest BCUT2D eigenvalue weighted by Gasteiger charge is 2.23. The number of halogens is 1. The van der Waals surface area contributed by atoms with Crippen LogP contribution in [-0.2, 0) is 4.74 Å². The highest BCUT2D eigenvalue weighted by atomic mass is 19.1. The summed E-state index contributed by atoms with van der Waals surface area (Å²) < 4.78 is 17.0. The van der Waals surface area contributed by atoms with Crippen LogP contribution in [0.5, 0.6) is 0 Å². The molecule has 1 aromatic carbocycles. The van der Waals surface area contributed by atoms with E-state index in [1.807, 2.05) is 0 Å². The smallest absolute Gasteiger partial charge is 0.409 e. The van der Waals surface area contributed by atoms with Gasteiger partial charge in [0.05, 0.1) is 0 Å². The maximum Gasteiger partial charge on any atom is 0.409 e. The predicted molar refractivity (Wildman–Crippen MR) is 70.2 cm³/mol. The topological polar surface area (TPSA) is 49.8 Å². The van der Waals surface area contributed by atoms with Gasteiger partial charge in [0, 0.05) is 26.6 Å². The highest BCUT2D eigenvalue weighted by Crippen LogP contribution is 2.14. The van der Waals surface area contributed by atoms with Crippen LogP contribution in [0.25, 0.3) is 0 Å². The summed E-state index contributed by atoms with van der Waals surface area (Å²) in [6.45, 7) is 0.929. The summed E-state index contributed by atoms with van der Waals surface area (Å²) in [5, 5.41) is 8.56. The van der Waals surface area contributed by atoms with Gasteiger partial charge in [-0.2, -0.15) is 0 Å². The minimum Gasteiger partial charge on any atom is -0.446 e. The van der Waals surface area contributed by atoms with Crippen molar-refractivity contribution in [2.75, 3.05) is 20.2 Å². The number of hydrogen-bond donors (Lipinski definition) is 1. The Labute approximate surface area is 112 Å². The highest BCUT2D eigenvalue weighted by molar-refractivity contribution is 5.68. The van der Waals surface area contributed by atoms with Crippen LogP contribution in [0.3, 0.4) is 0 Å². The number of hydrogen-bond acceptors (Lipinski definition) is 3. The molecule has 1 heterocycles. The van der Waals surface area contributed by atoms with E-state index in [1.165, 1.54) is 12.1 Å². The normalized spacial score (nSPS) is 18.4. The molecule has 1 N–H and O–H groups in total. The summed E-state index contributed by atoms with van der Waals surface area (Å²) >= 11 is 0. The van der Waals surface area contributed by atoms with Gasteiger partial charge in [0.1, 0.15) is 11.9 Å². The van der Waals surface area contributed by atoms with E-state index in [2.05, 4.69) is 0 Å². The van der Waals surface area contributed by atoms with Gasteiger partial charge in [-0.15, -0.1) is 0 Å². The zero-order valence-corrected chi connectivity index (χ0v) is 11.1. The molecular weight excluding hydrogens is 249 g/mol. The van der Waals surface area contributed by atoms with Gasteiger partial charge in [-0.1, -0.05) is 18.2 Å². The zero-order valence-electron chi connectivity index (χ0n) is 11.1. The average Bonchev–Trinajstić information content (AvgIpc) is 2.42. The molecule has 0 saturated carbocycles. The Bertz CT molecular complexity index is 370. The Morgan fingerprint density at radius 3 is 2.58 bits per heavy atom. The molecule has 106 valence electrons. The van der Waals surface area contributed by atoms with E-state index in [0.717, 1.165) is 19.4 Å². The molecule has 1 unspecified atom stereocenters. The number of carbonyl (C=O) groups is 1. The Hall–Kier alpha value is -1.62. The molecule has 4 nitrogen and oxygen atoms in total. The lowest BCUT2D eigenvalue weighted by Gasteiger charge is -2.28. The van der Waals surface area contributed by atoms with Crippen molar-refractivity contribution < 1.29 is 19.0 Å². The minimum absolute atomic E-state index is 0.0147. The molecule has 0 spiro atoms. The number of benzene rings is 1. The third-order valence-electron chi connectivity index (χ3n) is 2.78. The average molecular weight is 269 g/mol. The van der Waals surface area contributed by atoms with E-state index >= 15 is 0 Å². The Kier molecular flexibility index (Phi) is 6.89. The molecule has 1 aliphatic rings. The molecule has 5 heteroatoms. The zero-order chi connectivity index (χ0) is 14.1. The van der Waals surface area contributed by atoms with E-state index < -0.39 is 0 Å². The molecular formula is C14H20FNO3. The molecule has 1 fully saturated rings. The van der Waals surface area contributed by atoms with Crippen molar-refractivity contribution in [3.05, 3.63) is 36.1 Å². The van der Waals surface area contributed by atoms with Crippen molar-refractivity contribution >= 4 is 6.09 Å². The van der Waals surface area contributed by atoms with E-state index in [-0.39, 0.29) is 24.6 Å². The maximum atomic E-state index is 11.9. The fourth-order valence-corrected chi connectivity index (χ4v) is 1.66. The van der Waals surface area contributed by atoms with Gasteiger partial charge in [-0.3, -0.25) is 0 Å². The molecule has 0 radical (unpaired) electrons. The molecule has 1 aromatic rings. The number of carbonyl (C=O) groups excluding carboxylic acids is 1. The van der Waals surface area contributed by atoms with E-state index in [1.54, 1.807) is 30.1 Å². The molecule has 2 rings (SSSR count). The Morgan fingerprint density at radius 1 is 1.42 bits per heavy atom. The number of nitrogens with zero attached hydrogens (tertiary/aromatic N) is 1. The lowest BCUT2D eigenvalue weighted by Crippen LogP contribution is -2.39. The van der Waals surface area contributed by atoms with E-state index in [0.29, 0.717) is 6.42 Å². The molecule has 1 amide bonds. The molecule has 1 atom stereocenters. The van der Waals surface area contributed by atoms with Crippen molar-refractivity contribution in [3.63, 3.8) is 0 Å². The third kappa shape index (κ3) is 6.20. The maximum absolute atomic E-state index is 11.9. The summed E-state index contributed by atoms with van der Waals surface area (Å²) in [5.41, 5.74) is 0. The van der Waals surface area contributed by atoms with Crippen molar-refractivity contribution in [1.82, 2.24) is 4.90 Å². The Balaban J connectivity index is 0.000000218. The number of cyclic esters (lactones) is 1. The van der Waals surface area contributed by atoms with E-state index in [9.17, 15) is 9.18 Å². The lowest BCUT2D eigenvalue weighted by molar-refractivity contribution is 0.0264. The fraction of sp³-hybridized carbons (Fsp3) is 0.500. The van der Waals surface area contributed by atoms with Crippen LogP contribution >= 0.6 is 0 Å². The van der Waals surface area contributed by atoms with Gasteiger partial charge in [0.15, 0.2) is 0 Å². The van der Waals surface area contributed by atoms with Gasteiger partial charge in [-0.05, 0) is 25.0 Å². The van der Waals surface area contributed by atoms with Gasteiger partial charge in [0.25, 0.3) is 0 Å². The summed E-state index contributed by atoms with van der Waals surface area (Å²) in [7, 11) is 1.73. The number of ether oxygens (including phenoxy) is 1. The van der Waals surface area contributed by atoms with Crippen molar-refractivity contribution in [3.8, 4) is 0 Å². The van der Waals surface area contributed by atoms with Crippen LogP contribution in [0.2, 0.25) is 0 Å². The quantitative estimate of drug-likeness (QED) is 0.916. The van der Waals surface area contributed by atoms with Crippen LogP contribution in [-0.4, -0.2) is 42.4 Å². The first-order valence-electron chi connectivity index (χ1n) is 6.36. The molecule has 19 heavy (non-hydrogen) atoms. The molecule has 1 aliphatic heterocycles. The van der Waals surface area contributed by atoms with Gasteiger partial charge < -0.3 is 14.7 Å². The van der Waals surface area contributed by atoms with Crippen molar-refractivity contribution in [2.45, 2.75) is 25.4 Å². The minimum atomic E-state index is -0.246. The molecule has 1 saturated heterocycles. The fourth-order valence-electron chi connectivity index (χ4n) is 1.66. The predicted octanol–water partition coefficient (Wildman–Crippen LogP) is 2.43. The molecule has 0 bridgehead atoms. The molecule has 0 aliphatic carbocycles. The second kappa shape index (κ2) is 8.48. The summed E-state index contributed by atoms with van der Waals surface area (Å²) in [5.74, 6) is -0.178. The first-order valence-corrected chi connectivity index (χ1v) is 6.36. The van der Waals surface area contributed by atoms with Crippen LogP contribution in [0.4, 0.5) is 9.18 Å². The van der Waals surface area contributed by atoms with Crippen LogP contribution < -0.4 is 0 Å². The Morgan fingerprint density at radius 2 is 2.11 bits per heavy atom. The van der Waals surface area contributed by atoms with Crippen molar-refractivity contribution in [1.29, 1.82) is 0 Å². The first kappa shape index (κ1) is 15.4. The number of aliphatic hydroxyl groups is 1. The first-order chi connectivity index (χ1) is 9.13. The summed E-state index contributed by atoms with van der Waals surface area (Å²) in [6, 6.07) is 7.94. The largest absolute Gasteiger partial charge is 0.446 e. The van der Waals surface area contributed by atoms with Crippen molar-refractivity contribution in [2.24, 2.45) is 0 Å². The number of rotatable bonds is 3. The number of aliphatic hydroxyl groups excluding tert-OH is 1. The second-order valence-corrected chi connectivity index (χ2v) is 4.38. The summed E-state index contributed by atoms with van der Waals surface area (Å²) in [6.07, 6.45) is 2.13. The second-order valence-electron chi connectivity index (χ2n) is 4.38.